The van der Waals surface area contributed by atoms with Crippen molar-refractivity contribution in [3.8, 4) is 0 Å². The number of carbonyl (C=O) groups is 1. The third-order valence-electron chi connectivity index (χ3n) is 4.43. The van der Waals surface area contributed by atoms with E-state index in [0.29, 0.717) is 12.3 Å². The lowest BCUT2D eigenvalue weighted by Crippen LogP contribution is -2.33. The minimum Gasteiger partial charge on any atom is -0.368 e. The Hall–Kier alpha value is -3.94. The van der Waals surface area contributed by atoms with Gasteiger partial charge in [-0.1, -0.05) is 36.4 Å². The number of amides is 1. The minimum absolute atomic E-state index is 0.125. The molecule has 0 spiro atoms. The molecule has 0 fully saturated rings. The number of hydrogen-bond donors (Lipinski definition) is 2. The van der Waals surface area contributed by atoms with Gasteiger partial charge in [0.2, 0.25) is 5.91 Å². The maximum atomic E-state index is 11.6. The van der Waals surface area contributed by atoms with E-state index >= 15 is 0 Å². The topological polar surface area (TPSA) is 101 Å². The van der Waals surface area contributed by atoms with Gasteiger partial charge < -0.3 is 16.0 Å². The molecule has 3 N–H and O–H groups in total. The van der Waals surface area contributed by atoms with Crippen LogP contribution in [0.1, 0.15) is 11.3 Å². The number of nitrogens with one attached hydrogen (secondary N) is 1. The zero-order valence-electron chi connectivity index (χ0n) is 16.0. The number of fused-ring (bicyclic) bond motifs is 1. The van der Waals surface area contributed by atoms with Crippen LogP contribution in [0.15, 0.2) is 67.0 Å². The van der Waals surface area contributed by atoms with E-state index in [4.69, 9.17) is 5.73 Å². The average molecular weight is 387 g/mol. The van der Waals surface area contributed by atoms with Gasteiger partial charge >= 0.3 is 0 Å². The smallest absolute Gasteiger partial charge is 0.254 e. The van der Waals surface area contributed by atoms with Crippen LogP contribution in [0.25, 0.3) is 5.78 Å². The summed E-state index contributed by atoms with van der Waals surface area (Å²) in [6, 6.07) is 19.7. The second-order valence-electron chi connectivity index (χ2n) is 6.74. The molecule has 29 heavy (non-hydrogen) atoms. The van der Waals surface area contributed by atoms with E-state index in [1.807, 2.05) is 72.5 Å². The molecule has 0 atom stereocenters. The molecule has 2 aromatic heterocycles. The fourth-order valence-corrected chi connectivity index (χ4v) is 3.18. The average Bonchev–Trinajstić information content (AvgIpc) is 3.17. The Morgan fingerprint density at radius 3 is 2.76 bits per heavy atom. The van der Waals surface area contributed by atoms with Crippen molar-refractivity contribution < 1.29 is 4.79 Å². The number of benzene rings is 2. The number of aryl methyl sites for hydroxylation is 1. The van der Waals surface area contributed by atoms with Gasteiger partial charge in [0.25, 0.3) is 5.78 Å². The van der Waals surface area contributed by atoms with Crippen LogP contribution in [0.2, 0.25) is 0 Å². The molecule has 1 amide bonds. The molecule has 0 radical (unpaired) electrons. The van der Waals surface area contributed by atoms with Crippen molar-refractivity contribution in [1.82, 2.24) is 19.6 Å². The zero-order chi connectivity index (χ0) is 20.2. The Kier molecular flexibility index (Phi) is 5.07. The Labute approximate surface area is 168 Å². The molecule has 0 unspecified atom stereocenters. The molecule has 0 bridgehead atoms. The Bertz CT molecular complexity index is 1140. The lowest BCUT2D eigenvalue weighted by atomic mass is 10.2. The van der Waals surface area contributed by atoms with E-state index in [9.17, 15) is 4.79 Å². The van der Waals surface area contributed by atoms with Crippen LogP contribution in [0, 0.1) is 6.92 Å². The second-order valence-corrected chi connectivity index (χ2v) is 6.74. The second kappa shape index (κ2) is 7.97. The van der Waals surface area contributed by atoms with Gasteiger partial charge in [0, 0.05) is 29.7 Å². The third kappa shape index (κ3) is 4.32. The lowest BCUT2D eigenvalue weighted by molar-refractivity contribution is -0.116. The molecule has 4 rings (SSSR count). The van der Waals surface area contributed by atoms with E-state index in [1.54, 1.807) is 4.52 Å². The van der Waals surface area contributed by atoms with Crippen LogP contribution in [0.4, 0.5) is 17.2 Å². The molecule has 8 nitrogen and oxygen atoms in total. The third-order valence-corrected chi connectivity index (χ3v) is 4.43. The summed E-state index contributed by atoms with van der Waals surface area (Å²) in [6.45, 7) is 2.61. The first-order valence-corrected chi connectivity index (χ1v) is 9.20. The van der Waals surface area contributed by atoms with Crippen LogP contribution in [0.3, 0.4) is 0 Å². The van der Waals surface area contributed by atoms with E-state index in [2.05, 4.69) is 20.4 Å². The molecule has 8 heteroatoms. The fourth-order valence-electron chi connectivity index (χ4n) is 3.18. The Balaban J connectivity index is 1.63. The van der Waals surface area contributed by atoms with Crippen molar-refractivity contribution in [2.75, 3.05) is 16.8 Å². The van der Waals surface area contributed by atoms with Gasteiger partial charge in [0.05, 0.1) is 6.54 Å². The summed E-state index contributed by atoms with van der Waals surface area (Å²) in [5.41, 5.74) is 9.17. The molecule has 4 aromatic rings. The Morgan fingerprint density at radius 2 is 1.97 bits per heavy atom. The summed E-state index contributed by atoms with van der Waals surface area (Å²) < 4.78 is 1.64. The van der Waals surface area contributed by atoms with Gasteiger partial charge in [-0.15, -0.1) is 0 Å². The van der Waals surface area contributed by atoms with Crippen LogP contribution in [-0.2, 0) is 11.3 Å². The fraction of sp³-hybridized carbons (Fsp3) is 0.143. The summed E-state index contributed by atoms with van der Waals surface area (Å²) in [5.74, 6) is 0.906. The molecule has 0 aliphatic carbocycles. The molecule has 0 saturated heterocycles. The molecule has 2 heterocycles. The van der Waals surface area contributed by atoms with E-state index in [-0.39, 0.29) is 12.5 Å². The molecule has 0 saturated carbocycles. The Morgan fingerprint density at radius 1 is 1.14 bits per heavy atom. The normalized spacial score (nSPS) is 10.8. The van der Waals surface area contributed by atoms with Crippen LogP contribution in [-0.4, -0.2) is 32.0 Å². The summed E-state index contributed by atoms with van der Waals surface area (Å²) in [7, 11) is 0. The molecule has 0 aliphatic heterocycles. The maximum Gasteiger partial charge on any atom is 0.254 e. The summed E-state index contributed by atoms with van der Waals surface area (Å²) >= 11 is 0. The minimum atomic E-state index is -0.381. The summed E-state index contributed by atoms with van der Waals surface area (Å²) in [4.78, 5) is 22.1. The van der Waals surface area contributed by atoms with Crippen molar-refractivity contribution in [2.24, 2.45) is 5.73 Å². The number of rotatable bonds is 7. The van der Waals surface area contributed by atoms with E-state index < -0.39 is 0 Å². The number of primary amides is 1. The first-order valence-electron chi connectivity index (χ1n) is 9.20. The quantitative estimate of drug-likeness (QED) is 0.506. The summed E-state index contributed by atoms with van der Waals surface area (Å²) in [6.07, 6.45) is 1.47. The highest BCUT2D eigenvalue weighted by atomic mass is 16.1. The molecule has 0 aliphatic rings. The zero-order valence-corrected chi connectivity index (χ0v) is 16.0. The van der Waals surface area contributed by atoms with Gasteiger partial charge in [-0.3, -0.25) is 4.79 Å². The summed E-state index contributed by atoms with van der Waals surface area (Å²) in [5, 5.41) is 7.58. The highest BCUT2D eigenvalue weighted by Gasteiger charge is 2.12. The number of anilines is 3. The van der Waals surface area contributed by atoms with Crippen LogP contribution >= 0.6 is 0 Å². The first kappa shape index (κ1) is 18.4. The van der Waals surface area contributed by atoms with Crippen LogP contribution in [0.5, 0.6) is 0 Å². The molecule has 2 aromatic carbocycles. The van der Waals surface area contributed by atoms with Gasteiger partial charge in [-0.25, -0.2) is 4.98 Å². The van der Waals surface area contributed by atoms with E-state index in [0.717, 1.165) is 28.5 Å². The molecule has 146 valence electrons. The lowest BCUT2D eigenvalue weighted by Gasteiger charge is -2.24. The van der Waals surface area contributed by atoms with Crippen molar-refractivity contribution in [3.63, 3.8) is 0 Å². The number of nitrogens with two attached hydrogens (primary N) is 1. The van der Waals surface area contributed by atoms with Crippen molar-refractivity contribution in [2.45, 2.75) is 13.5 Å². The maximum absolute atomic E-state index is 11.6. The standard InChI is InChI=1S/C21H21N7O/c1-15-10-20(28-21(25-15)23-14-24-28)26-17-8-5-9-18(11-17)27(13-19(22)29)12-16-6-3-2-4-7-16/h2-11,14,26H,12-13H2,1H3,(H2,22,29). The number of nitrogens with zero attached hydrogens (tertiary/aromatic N) is 5. The highest BCUT2D eigenvalue weighted by molar-refractivity contribution is 5.80. The van der Waals surface area contributed by atoms with Crippen molar-refractivity contribution >= 4 is 28.9 Å². The predicted molar refractivity (Wildman–Crippen MR) is 112 cm³/mol. The largest absolute Gasteiger partial charge is 0.368 e. The number of hydrogen-bond acceptors (Lipinski definition) is 6. The monoisotopic (exact) mass is 387 g/mol. The van der Waals surface area contributed by atoms with Gasteiger partial charge in [0.15, 0.2) is 0 Å². The van der Waals surface area contributed by atoms with Crippen LogP contribution < -0.4 is 16.0 Å². The van der Waals surface area contributed by atoms with Crippen molar-refractivity contribution in [3.05, 3.63) is 78.2 Å². The molecular weight excluding hydrogens is 366 g/mol. The van der Waals surface area contributed by atoms with Crippen molar-refractivity contribution in [1.29, 1.82) is 0 Å². The van der Waals surface area contributed by atoms with Gasteiger partial charge in [-0.05, 0) is 30.7 Å². The molecular formula is C21H21N7O. The number of aromatic nitrogens is 4. The van der Waals surface area contributed by atoms with Gasteiger partial charge in [-0.2, -0.15) is 14.6 Å². The van der Waals surface area contributed by atoms with E-state index in [1.165, 1.54) is 6.33 Å². The highest BCUT2D eigenvalue weighted by Crippen LogP contribution is 2.24. The predicted octanol–water partition coefficient (Wildman–Crippen LogP) is 2.67. The number of carbonyl (C=O) groups excluding carboxylic acids is 1. The first-order chi connectivity index (χ1) is 14.1. The SMILES string of the molecule is Cc1cc(Nc2cccc(N(CC(N)=O)Cc3ccccc3)c2)n2ncnc2n1. The van der Waals surface area contributed by atoms with Gasteiger partial charge in [0.1, 0.15) is 12.1 Å².